The Labute approximate surface area is 696 Å². The molecular formula is C84H120F2N10O24. The summed E-state index contributed by atoms with van der Waals surface area (Å²) in [4.78, 5) is 135. The number of halogens is 2. The minimum atomic E-state index is -2.31. The van der Waals surface area contributed by atoms with Crippen molar-refractivity contribution in [1.29, 1.82) is 0 Å². The molecule has 34 nitrogen and oxygen atoms in total. The normalized spacial score (nSPS) is 29.4. The molecule has 10 rings (SSSR count). The van der Waals surface area contributed by atoms with E-state index in [1.807, 2.05) is 6.92 Å². The van der Waals surface area contributed by atoms with Gasteiger partial charge < -0.3 is 100 Å². The van der Waals surface area contributed by atoms with Crippen LogP contribution in [0, 0.1) is 40.4 Å². The molecule has 2 unspecified atom stereocenters. The fourth-order valence-corrected chi connectivity index (χ4v) is 18.3. The van der Waals surface area contributed by atoms with Gasteiger partial charge in [0.1, 0.15) is 61.4 Å². The molecular weight excluding hydrogens is 1570 g/mol. The average molecular weight is 1690 g/mol. The van der Waals surface area contributed by atoms with E-state index in [1.54, 1.807) is 70.2 Å². The number of unbranched alkanes of at least 4 members (excludes halogenated alkanes) is 1. The number of amides is 8. The van der Waals surface area contributed by atoms with Gasteiger partial charge in [-0.3, -0.25) is 43.3 Å². The van der Waals surface area contributed by atoms with Crippen LogP contribution in [0.15, 0.2) is 72.4 Å². The maximum atomic E-state index is 18.1. The number of ketones is 3. The first-order chi connectivity index (χ1) is 57.4. The van der Waals surface area contributed by atoms with Crippen molar-refractivity contribution in [3.63, 3.8) is 0 Å². The predicted octanol–water partition coefficient (Wildman–Crippen LogP) is 4.46. The third-order valence-electron chi connectivity index (χ3n) is 24.8. The van der Waals surface area contributed by atoms with Gasteiger partial charge in [0, 0.05) is 78.8 Å². The Morgan fingerprint density at radius 3 is 2.14 bits per heavy atom. The second-order valence-corrected chi connectivity index (χ2v) is 33.2. The van der Waals surface area contributed by atoms with Crippen molar-refractivity contribution in [2.75, 3.05) is 97.6 Å². The van der Waals surface area contributed by atoms with Gasteiger partial charge >= 0.3 is 12.1 Å². The highest BCUT2D eigenvalue weighted by Crippen LogP contribution is 2.72. The Morgan fingerprint density at radius 2 is 1.46 bits per heavy atom. The topological polar surface area (TPSA) is 475 Å². The molecule has 12 N–H and O–H groups in total. The number of urea groups is 1. The third kappa shape index (κ3) is 22.2. The number of nitrogens with one attached hydrogen (secondary N) is 5. The summed E-state index contributed by atoms with van der Waals surface area (Å²) in [6, 6.07) is 4.33. The van der Waals surface area contributed by atoms with E-state index in [0.29, 0.717) is 66.7 Å². The molecule has 3 saturated carbocycles. The van der Waals surface area contributed by atoms with E-state index in [4.69, 9.17) is 48.4 Å². The van der Waals surface area contributed by atoms with E-state index in [9.17, 15) is 73.5 Å². The number of hydrogen-bond acceptors (Lipinski definition) is 26. The van der Waals surface area contributed by atoms with Crippen molar-refractivity contribution in [3.8, 4) is 0 Å². The maximum absolute atomic E-state index is 18.1. The molecule has 8 amide bonds. The first-order valence-corrected chi connectivity index (χ1v) is 42.0. The zero-order valence-electron chi connectivity index (χ0n) is 69.1. The Kier molecular flexibility index (Phi) is 33.8. The lowest BCUT2D eigenvalue weighted by Crippen LogP contribution is -2.71. The quantitative estimate of drug-likeness (QED) is 0.0322. The number of rotatable bonds is 46. The van der Waals surface area contributed by atoms with E-state index in [2.05, 4.69) is 43.5 Å². The first kappa shape index (κ1) is 94.0. The van der Waals surface area contributed by atoms with E-state index in [0.717, 1.165) is 24.2 Å². The number of Topliss-reactive ketones (excluding diaryl/α,β-unsaturated/α-hetero) is 3. The number of carbonyl (C=O) groups excluding carboxylic acids is 10. The van der Waals surface area contributed by atoms with E-state index in [-0.39, 0.29) is 167 Å². The largest absolute Gasteiger partial charge is 0.445 e. The number of hydrogen-bond donors (Lipinski definition) is 11. The molecule has 664 valence electrons. The molecule has 4 heterocycles. The molecule has 5 aliphatic carbocycles. The van der Waals surface area contributed by atoms with Gasteiger partial charge in [0.15, 0.2) is 35.4 Å². The smallest absolute Gasteiger partial charge is 0.407 e. The van der Waals surface area contributed by atoms with Crippen LogP contribution in [0.25, 0.3) is 0 Å². The number of aromatic nitrogens is 3. The molecule has 1 aromatic carbocycles. The van der Waals surface area contributed by atoms with Crippen LogP contribution >= 0.6 is 0 Å². The number of nitrogens with zero attached hydrogens (tertiary/aromatic N) is 4. The zero-order valence-corrected chi connectivity index (χ0v) is 69.1. The molecule has 5 fully saturated rings. The summed E-state index contributed by atoms with van der Waals surface area (Å²) in [5.74, 6) is -7.95. The summed E-state index contributed by atoms with van der Waals surface area (Å²) in [5, 5.41) is 75.9. The van der Waals surface area contributed by atoms with Crippen LogP contribution in [0.1, 0.15) is 173 Å². The molecule has 0 spiro atoms. The summed E-state index contributed by atoms with van der Waals surface area (Å²) < 4.78 is 88.6. The molecule has 8 aliphatic rings. The Balaban J connectivity index is 0.716. The molecule has 36 heteroatoms. The number of allylic oxidation sites excluding steroid dienone is 5. The van der Waals surface area contributed by atoms with Gasteiger partial charge in [0.25, 0.3) is 11.8 Å². The van der Waals surface area contributed by atoms with Gasteiger partial charge in [-0.2, -0.15) is 0 Å². The van der Waals surface area contributed by atoms with Crippen LogP contribution in [0.3, 0.4) is 0 Å². The monoisotopic (exact) mass is 1690 g/mol. The lowest BCUT2D eigenvalue weighted by atomic mass is 9.44. The van der Waals surface area contributed by atoms with Gasteiger partial charge in [-0.15, -0.1) is 5.10 Å². The summed E-state index contributed by atoms with van der Waals surface area (Å²) in [5.41, 5.74) is 1.03. The number of benzene rings is 1. The summed E-state index contributed by atoms with van der Waals surface area (Å²) in [6.07, 6.45) is -2.16. The van der Waals surface area contributed by atoms with Crippen LogP contribution in [0.2, 0.25) is 0 Å². The van der Waals surface area contributed by atoms with Crippen LogP contribution < -0.4 is 32.3 Å². The number of fused-ring (bicyclic) bond motifs is 8. The third-order valence-corrected chi connectivity index (χ3v) is 24.8. The van der Waals surface area contributed by atoms with Crippen molar-refractivity contribution in [3.05, 3.63) is 89.3 Å². The number of carbonyl (C=O) groups is 10. The van der Waals surface area contributed by atoms with Crippen molar-refractivity contribution in [1.82, 2.24) is 41.2 Å². The van der Waals surface area contributed by atoms with Crippen LogP contribution in [0.5, 0.6) is 0 Å². The Bertz CT molecular complexity index is 4000. The van der Waals surface area contributed by atoms with Crippen molar-refractivity contribution >= 4 is 64.7 Å². The standard InChI is InChI=1S/C84H120F2N10O24/c1-7-14-70-119-66-43-56-57-42-59(85)58-39-50(4)25-27-81(58,5)83(57,86)64(100)44-82(56,6)84(66,120-70)65(101)45-90-80(111)117-47-51-19-21-54(22-20-51)91-76(108)53(16-13-29-89-79(87)110)41-61(99)71(49(2)3)92-77(109)52(40-55(98)26-31-112-33-35-114-37-38-115-36-34-113-32-30-95-68(103)23-24-69(95)104)15-11-12-28-88-67(102)48-116-62-18-10-8-9-17-60-72(62)93-94-96(60)78-75(107)74(106)73(105)63(46-97)118-78/h19-25,27,39,49,52-53,56-57,59,62-64,66,70-71,73-75,78,97,100,105-107H,4,7-18,26,28-38,40-48H2,1-3,5-6H3,(H,88,102)(H,90,111)(H,91,108)(H,92,109)(H3,87,89,110)/t52-,53+,56-,57-,59-,62?,63+,64-,66+,70?,71-,73-,74-,75+,78+,81-,82-,83-,84+/m0/s1. The second kappa shape index (κ2) is 43.2. The lowest BCUT2D eigenvalue weighted by molar-refractivity contribution is -0.254. The van der Waals surface area contributed by atoms with Gasteiger partial charge in [0.2, 0.25) is 17.7 Å². The first-order valence-electron chi connectivity index (χ1n) is 42.0. The minimum Gasteiger partial charge on any atom is -0.445 e. The number of aliphatic hydroxyl groups is 5. The van der Waals surface area contributed by atoms with E-state index >= 15 is 8.78 Å². The number of nitrogens with two attached hydrogens (primary N) is 1. The molecule has 2 aromatic rings. The van der Waals surface area contributed by atoms with Crippen molar-refractivity contribution < 1.29 is 125 Å². The SMILES string of the molecule is C=C1C=C[C@@]2(C)C(=C1)[C@@H](F)C[C@H]1[C@@H]3C[C@H]4OC(CCC)O[C@@]4(C(=O)CNC(=O)OCc4ccc(NC(=O)[C@H](CCCNC(N)=O)CC(=O)[C@@H](NC(=O)[C@@H](CCCCNC(=O)COC5CCCCCc6c5nnn6[C@@H]5O[C@H](CO)[C@H](O)[C@H](O)[C@H]5O)CC(=O)CCOCCOCCOCCOCCN5C(=O)C=CC5=O)C(C)C)cc4)[C@@]3(C)C[C@H](O)[C@@]12F. The van der Waals surface area contributed by atoms with Gasteiger partial charge in [-0.05, 0) is 118 Å². The Morgan fingerprint density at radius 1 is 0.783 bits per heavy atom. The maximum Gasteiger partial charge on any atom is 0.407 e. The van der Waals surface area contributed by atoms with Gasteiger partial charge in [-0.1, -0.05) is 95.5 Å². The van der Waals surface area contributed by atoms with E-state index in [1.165, 1.54) is 16.8 Å². The molecule has 0 radical (unpaired) electrons. The molecule has 2 saturated heterocycles. The fourth-order valence-electron chi connectivity index (χ4n) is 18.3. The predicted molar refractivity (Wildman–Crippen MR) is 424 cm³/mol. The minimum absolute atomic E-state index is 0.00735. The molecule has 19 atom stereocenters. The summed E-state index contributed by atoms with van der Waals surface area (Å²) >= 11 is 0. The number of primary amides is 1. The van der Waals surface area contributed by atoms with Crippen LogP contribution in [0.4, 0.5) is 24.1 Å². The van der Waals surface area contributed by atoms with E-state index < -0.39 is 174 Å². The lowest BCUT2D eigenvalue weighted by Gasteiger charge is -2.63. The van der Waals surface area contributed by atoms with Gasteiger partial charge in [0.05, 0.1) is 96.5 Å². The van der Waals surface area contributed by atoms with Crippen LogP contribution in [-0.2, 0) is 94.0 Å². The highest BCUT2D eigenvalue weighted by Gasteiger charge is 2.80. The number of alkyl carbamates (subject to hydrolysis) is 1. The summed E-state index contributed by atoms with van der Waals surface area (Å²) in [6.45, 7) is 12.6. The highest BCUT2D eigenvalue weighted by atomic mass is 19.1. The molecule has 3 aliphatic heterocycles. The van der Waals surface area contributed by atoms with Crippen molar-refractivity contribution in [2.24, 2.45) is 46.2 Å². The molecule has 120 heavy (non-hydrogen) atoms. The highest BCUT2D eigenvalue weighted by molar-refractivity contribution is 6.12. The average Bonchev–Trinajstić information content (AvgIpc) is 1.54. The second-order valence-electron chi connectivity index (χ2n) is 33.2. The van der Waals surface area contributed by atoms with Crippen molar-refractivity contribution in [2.45, 2.75) is 236 Å². The number of imide groups is 1. The summed E-state index contributed by atoms with van der Waals surface area (Å²) in [7, 11) is 0. The van der Waals surface area contributed by atoms with Gasteiger partial charge in [-0.25, -0.2) is 23.1 Å². The number of ether oxygens (including phenoxy) is 9. The Hall–Kier alpha value is -8.24. The zero-order chi connectivity index (χ0) is 86.6. The van der Waals surface area contributed by atoms with Crippen LogP contribution in [-0.4, -0.2) is 263 Å². The fraction of sp³-hybridized carbons (Fsp3) is 0.690. The molecule has 0 bridgehead atoms. The number of anilines is 1. The number of alkyl halides is 2. The number of aliphatic hydroxyl groups excluding tert-OH is 5. The molecule has 1 aromatic heterocycles.